The lowest BCUT2D eigenvalue weighted by molar-refractivity contribution is 0.0900. The SMILES string of the molecule is CC(O)CN(CC(C)F)C(C)C. The first kappa shape index (κ1) is 11.8. The molecular formula is C9H20FNO. The summed E-state index contributed by atoms with van der Waals surface area (Å²) in [5.41, 5.74) is 0. The topological polar surface area (TPSA) is 23.5 Å². The van der Waals surface area contributed by atoms with Gasteiger partial charge in [0.2, 0.25) is 0 Å². The van der Waals surface area contributed by atoms with Gasteiger partial charge in [0.25, 0.3) is 0 Å². The smallest absolute Gasteiger partial charge is 0.110 e. The summed E-state index contributed by atoms with van der Waals surface area (Å²) in [7, 11) is 0. The monoisotopic (exact) mass is 177 g/mol. The van der Waals surface area contributed by atoms with E-state index < -0.39 is 6.17 Å². The maximum absolute atomic E-state index is 12.6. The van der Waals surface area contributed by atoms with Crippen molar-refractivity contribution in [3.63, 3.8) is 0 Å². The average molecular weight is 177 g/mol. The van der Waals surface area contributed by atoms with E-state index in [0.717, 1.165) is 0 Å². The Labute approximate surface area is 74.4 Å². The van der Waals surface area contributed by atoms with Crippen LogP contribution in [-0.4, -0.2) is 41.4 Å². The Hall–Kier alpha value is -0.150. The van der Waals surface area contributed by atoms with Gasteiger partial charge in [0.15, 0.2) is 0 Å². The van der Waals surface area contributed by atoms with Gasteiger partial charge < -0.3 is 5.11 Å². The molecule has 2 unspecified atom stereocenters. The molecular weight excluding hydrogens is 157 g/mol. The van der Waals surface area contributed by atoms with Crippen LogP contribution in [0.15, 0.2) is 0 Å². The molecule has 74 valence electrons. The van der Waals surface area contributed by atoms with Gasteiger partial charge in [0, 0.05) is 19.1 Å². The summed E-state index contributed by atoms with van der Waals surface area (Å²) in [6.45, 7) is 8.22. The van der Waals surface area contributed by atoms with Crippen LogP contribution < -0.4 is 0 Å². The second kappa shape index (κ2) is 5.49. The van der Waals surface area contributed by atoms with Crippen LogP contribution in [0.5, 0.6) is 0 Å². The average Bonchev–Trinajstić information content (AvgIpc) is 1.83. The third-order valence-corrected chi connectivity index (χ3v) is 1.72. The fraction of sp³-hybridized carbons (Fsp3) is 1.00. The number of hydrogen-bond donors (Lipinski definition) is 1. The zero-order valence-corrected chi connectivity index (χ0v) is 8.42. The minimum atomic E-state index is -0.828. The lowest BCUT2D eigenvalue weighted by Crippen LogP contribution is -2.39. The maximum Gasteiger partial charge on any atom is 0.110 e. The van der Waals surface area contributed by atoms with E-state index in [-0.39, 0.29) is 12.1 Å². The van der Waals surface area contributed by atoms with Crippen LogP contribution in [0.2, 0.25) is 0 Å². The minimum Gasteiger partial charge on any atom is -0.392 e. The van der Waals surface area contributed by atoms with Gasteiger partial charge in [-0.25, -0.2) is 4.39 Å². The zero-order chi connectivity index (χ0) is 9.72. The molecule has 12 heavy (non-hydrogen) atoms. The number of aliphatic hydroxyl groups is 1. The van der Waals surface area contributed by atoms with Gasteiger partial charge in [-0.05, 0) is 27.7 Å². The fourth-order valence-corrected chi connectivity index (χ4v) is 1.16. The van der Waals surface area contributed by atoms with Gasteiger partial charge in [-0.1, -0.05) is 0 Å². The molecule has 3 heteroatoms. The first-order valence-corrected chi connectivity index (χ1v) is 4.49. The summed E-state index contributed by atoms with van der Waals surface area (Å²) in [5, 5.41) is 9.12. The lowest BCUT2D eigenvalue weighted by Gasteiger charge is -2.28. The second-order valence-corrected chi connectivity index (χ2v) is 3.68. The summed E-state index contributed by atoms with van der Waals surface area (Å²) in [6.07, 6.45) is -1.21. The van der Waals surface area contributed by atoms with Gasteiger partial charge in [-0.15, -0.1) is 0 Å². The molecule has 2 atom stereocenters. The van der Waals surface area contributed by atoms with Gasteiger partial charge in [-0.2, -0.15) is 0 Å². The van der Waals surface area contributed by atoms with E-state index in [2.05, 4.69) is 0 Å². The van der Waals surface area contributed by atoms with Crippen LogP contribution >= 0.6 is 0 Å². The van der Waals surface area contributed by atoms with E-state index in [1.807, 2.05) is 18.7 Å². The largest absolute Gasteiger partial charge is 0.392 e. The van der Waals surface area contributed by atoms with Crippen molar-refractivity contribution < 1.29 is 9.50 Å². The number of hydrogen-bond acceptors (Lipinski definition) is 2. The van der Waals surface area contributed by atoms with Crippen molar-refractivity contribution >= 4 is 0 Å². The van der Waals surface area contributed by atoms with Gasteiger partial charge in [-0.3, -0.25) is 4.90 Å². The molecule has 0 heterocycles. The van der Waals surface area contributed by atoms with Gasteiger partial charge in [0.05, 0.1) is 6.10 Å². The number of alkyl halides is 1. The Kier molecular flexibility index (Phi) is 5.42. The number of rotatable bonds is 5. The first-order valence-electron chi connectivity index (χ1n) is 4.49. The van der Waals surface area contributed by atoms with Crippen molar-refractivity contribution in [3.8, 4) is 0 Å². The van der Waals surface area contributed by atoms with E-state index in [0.29, 0.717) is 13.1 Å². The maximum atomic E-state index is 12.6. The highest BCUT2D eigenvalue weighted by atomic mass is 19.1. The third kappa shape index (κ3) is 5.49. The summed E-state index contributed by atoms with van der Waals surface area (Å²) in [5.74, 6) is 0. The van der Waals surface area contributed by atoms with E-state index in [1.165, 1.54) is 6.92 Å². The number of nitrogens with zero attached hydrogens (tertiary/aromatic N) is 1. The molecule has 0 radical (unpaired) electrons. The molecule has 0 bridgehead atoms. The Morgan fingerprint density at radius 2 is 1.67 bits per heavy atom. The number of aliphatic hydroxyl groups excluding tert-OH is 1. The van der Waals surface area contributed by atoms with Crippen molar-refractivity contribution in [1.82, 2.24) is 4.90 Å². The molecule has 0 aliphatic heterocycles. The zero-order valence-electron chi connectivity index (χ0n) is 8.42. The molecule has 0 aromatic heterocycles. The van der Waals surface area contributed by atoms with Crippen LogP contribution in [0.1, 0.15) is 27.7 Å². The Balaban J connectivity index is 3.87. The first-order chi connectivity index (χ1) is 5.43. The van der Waals surface area contributed by atoms with Crippen LogP contribution in [0.3, 0.4) is 0 Å². The van der Waals surface area contributed by atoms with E-state index >= 15 is 0 Å². The van der Waals surface area contributed by atoms with Crippen molar-refractivity contribution in [1.29, 1.82) is 0 Å². The third-order valence-electron chi connectivity index (χ3n) is 1.72. The summed E-state index contributed by atoms with van der Waals surface area (Å²) < 4.78 is 12.6. The molecule has 1 N–H and O–H groups in total. The molecule has 0 aliphatic carbocycles. The predicted molar refractivity (Wildman–Crippen MR) is 49.0 cm³/mol. The normalized spacial score (nSPS) is 17.0. The van der Waals surface area contributed by atoms with E-state index in [1.54, 1.807) is 6.92 Å². The highest BCUT2D eigenvalue weighted by molar-refractivity contribution is 4.67. The molecule has 0 aliphatic rings. The molecule has 0 aromatic carbocycles. The predicted octanol–water partition coefficient (Wildman–Crippen LogP) is 1.44. The Morgan fingerprint density at radius 3 is 1.92 bits per heavy atom. The molecule has 0 amide bonds. The highest BCUT2D eigenvalue weighted by Gasteiger charge is 2.14. The van der Waals surface area contributed by atoms with Crippen LogP contribution in [0.4, 0.5) is 4.39 Å². The van der Waals surface area contributed by atoms with Crippen molar-refractivity contribution in [2.24, 2.45) is 0 Å². The second-order valence-electron chi connectivity index (χ2n) is 3.68. The van der Waals surface area contributed by atoms with Crippen molar-refractivity contribution in [2.75, 3.05) is 13.1 Å². The molecule has 0 aromatic rings. The number of halogens is 1. The van der Waals surface area contributed by atoms with Crippen LogP contribution in [0, 0.1) is 0 Å². The summed E-state index contributed by atoms with van der Waals surface area (Å²) in [6, 6.07) is 0.290. The summed E-state index contributed by atoms with van der Waals surface area (Å²) in [4.78, 5) is 1.94. The standard InChI is InChI=1S/C9H20FNO/c1-7(2)11(5-8(3)10)6-9(4)12/h7-9,12H,5-6H2,1-4H3. The Bertz CT molecular complexity index is 105. The van der Waals surface area contributed by atoms with Crippen LogP contribution in [-0.2, 0) is 0 Å². The van der Waals surface area contributed by atoms with Crippen molar-refractivity contribution in [3.05, 3.63) is 0 Å². The molecule has 0 fully saturated rings. The van der Waals surface area contributed by atoms with Crippen molar-refractivity contribution in [2.45, 2.75) is 46.0 Å². The minimum absolute atomic E-state index is 0.290. The van der Waals surface area contributed by atoms with Crippen LogP contribution in [0.25, 0.3) is 0 Å². The van der Waals surface area contributed by atoms with E-state index in [9.17, 15) is 4.39 Å². The summed E-state index contributed by atoms with van der Waals surface area (Å²) >= 11 is 0. The highest BCUT2D eigenvalue weighted by Crippen LogP contribution is 2.03. The van der Waals surface area contributed by atoms with Gasteiger partial charge >= 0.3 is 0 Å². The lowest BCUT2D eigenvalue weighted by atomic mass is 10.2. The fourth-order valence-electron chi connectivity index (χ4n) is 1.16. The van der Waals surface area contributed by atoms with E-state index in [4.69, 9.17) is 5.11 Å². The molecule has 0 saturated heterocycles. The molecule has 0 spiro atoms. The van der Waals surface area contributed by atoms with Gasteiger partial charge in [0.1, 0.15) is 6.17 Å². The molecule has 2 nitrogen and oxygen atoms in total. The quantitative estimate of drug-likeness (QED) is 0.687. The molecule has 0 rings (SSSR count). The Morgan fingerprint density at radius 1 is 1.17 bits per heavy atom. The molecule has 0 saturated carbocycles.